The van der Waals surface area contributed by atoms with Crippen molar-refractivity contribution in [1.29, 1.82) is 5.26 Å². The highest BCUT2D eigenvalue weighted by molar-refractivity contribution is 7.93. The SMILES string of the molecule is CCC(C#N)S(=O)(=O)Nc1cc(C)ccc1C. The van der Waals surface area contributed by atoms with Gasteiger partial charge in [-0.05, 0) is 37.5 Å². The van der Waals surface area contributed by atoms with E-state index in [1.54, 1.807) is 19.1 Å². The van der Waals surface area contributed by atoms with E-state index in [-0.39, 0.29) is 6.42 Å². The van der Waals surface area contributed by atoms with Crippen LogP contribution >= 0.6 is 0 Å². The largest absolute Gasteiger partial charge is 0.282 e. The van der Waals surface area contributed by atoms with Crippen LogP contribution in [0.3, 0.4) is 0 Å². The zero-order valence-electron chi connectivity index (χ0n) is 10.2. The van der Waals surface area contributed by atoms with Crippen molar-refractivity contribution < 1.29 is 8.42 Å². The number of benzene rings is 1. The van der Waals surface area contributed by atoms with Gasteiger partial charge in [-0.25, -0.2) is 8.42 Å². The van der Waals surface area contributed by atoms with E-state index in [1.165, 1.54) is 0 Å². The van der Waals surface area contributed by atoms with Crippen molar-refractivity contribution in [2.24, 2.45) is 0 Å². The molecule has 0 spiro atoms. The molecule has 0 saturated heterocycles. The van der Waals surface area contributed by atoms with Crippen molar-refractivity contribution >= 4 is 15.7 Å². The Morgan fingerprint density at radius 2 is 2.06 bits per heavy atom. The minimum absolute atomic E-state index is 0.275. The lowest BCUT2D eigenvalue weighted by Crippen LogP contribution is -2.26. The molecule has 1 unspecified atom stereocenters. The van der Waals surface area contributed by atoms with Gasteiger partial charge in [0, 0.05) is 0 Å². The van der Waals surface area contributed by atoms with E-state index >= 15 is 0 Å². The molecule has 0 bridgehead atoms. The summed E-state index contributed by atoms with van der Waals surface area (Å²) in [7, 11) is -3.63. The fourth-order valence-electron chi connectivity index (χ4n) is 1.45. The van der Waals surface area contributed by atoms with Crippen LogP contribution in [0.2, 0.25) is 0 Å². The normalized spacial score (nSPS) is 12.8. The molecule has 0 radical (unpaired) electrons. The summed E-state index contributed by atoms with van der Waals surface area (Å²) >= 11 is 0. The van der Waals surface area contributed by atoms with Crippen LogP contribution in [0.15, 0.2) is 18.2 Å². The second-order valence-electron chi connectivity index (χ2n) is 3.99. The molecule has 1 aromatic carbocycles. The summed E-state index contributed by atoms with van der Waals surface area (Å²) in [5, 5.41) is 7.78. The van der Waals surface area contributed by atoms with Crippen LogP contribution in [0, 0.1) is 25.2 Å². The topological polar surface area (TPSA) is 70.0 Å². The van der Waals surface area contributed by atoms with Crippen LogP contribution in [0.25, 0.3) is 0 Å². The van der Waals surface area contributed by atoms with Gasteiger partial charge in [-0.15, -0.1) is 0 Å². The standard InChI is InChI=1S/C12H16N2O2S/c1-4-11(8-13)17(15,16)14-12-7-9(2)5-6-10(12)3/h5-7,11,14H,4H2,1-3H3. The molecule has 17 heavy (non-hydrogen) atoms. The van der Waals surface area contributed by atoms with Gasteiger partial charge >= 0.3 is 0 Å². The van der Waals surface area contributed by atoms with Gasteiger partial charge in [-0.3, -0.25) is 4.72 Å². The molecule has 92 valence electrons. The molecule has 0 heterocycles. The molecular weight excluding hydrogens is 236 g/mol. The van der Waals surface area contributed by atoms with Crippen molar-refractivity contribution in [2.45, 2.75) is 32.4 Å². The molecule has 1 N–H and O–H groups in total. The monoisotopic (exact) mass is 252 g/mol. The lowest BCUT2D eigenvalue weighted by atomic mass is 10.1. The van der Waals surface area contributed by atoms with Crippen LogP contribution < -0.4 is 4.72 Å². The number of nitrogens with zero attached hydrogens (tertiary/aromatic N) is 1. The van der Waals surface area contributed by atoms with E-state index < -0.39 is 15.3 Å². The Bertz CT molecular complexity index is 544. The second-order valence-corrected chi connectivity index (χ2v) is 5.85. The Balaban J connectivity index is 3.06. The highest BCUT2D eigenvalue weighted by atomic mass is 32.2. The number of hydrogen-bond acceptors (Lipinski definition) is 3. The van der Waals surface area contributed by atoms with Gasteiger partial charge in [0.1, 0.15) is 0 Å². The smallest absolute Gasteiger partial charge is 0.249 e. The quantitative estimate of drug-likeness (QED) is 0.894. The Morgan fingerprint density at radius 3 is 2.59 bits per heavy atom. The molecule has 0 saturated carbocycles. The molecule has 0 aliphatic carbocycles. The zero-order valence-corrected chi connectivity index (χ0v) is 11.0. The number of nitrogens with one attached hydrogen (secondary N) is 1. The van der Waals surface area contributed by atoms with E-state index in [9.17, 15) is 8.42 Å². The van der Waals surface area contributed by atoms with Crippen molar-refractivity contribution in [3.63, 3.8) is 0 Å². The summed E-state index contributed by atoms with van der Waals surface area (Å²) in [6, 6.07) is 7.32. The van der Waals surface area contributed by atoms with Gasteiger partial charge in [-0.1, -0.05) is 19.1 Å². The Morgan fingerprint density at radius 1 is 1.41 bits per heavy atom. The fourth-order valence-corrected chi connectivity index (χ4v) is 2.70. The third kappa shape index (κ3) is 3.21. The van der Waals surface area contributed by atoms with E-state index in [1.807, 2.05) is 26.0 Å². The lowest BCUT2D eigenvalue weighted by molar-refractivity contribution is 0.593. The number of rotatable bonds is 4. The van der Waals surface area contributed by atoms with Crippen molar-refractivity contribution in [1.82, 2.24) is 0 Å². The van der Waals surface area contributed by atoms with Gasteiger partial charge in [-0.2, -0.15) is 5.26 Å². The predicted octanol–water partition coefficient (Wildman–Crippen LogP) is 2.35. The fraction of sp³-hybridized carbons (Fsp3) is 0.417. The van der Waals surface area contributed by atoms with E-state index in [2.05, 4.69) is 4.72 Å². The zero-order chi connectivity index (χ0) is 13.1. The number of hydrogen-bond donors (Lipinski definition) is 1. The van der Waals surface area contributed by atoms with Crippen molar-refractivity contribution in [3.05, 3.63) is 29.3 Å². The molecule has 1 atom stereocenters. The minimum atomic E-state index is -3.63. The van der Waals surface area contributed by atoms with Crippen LogP contribution in [-0.2, 0) is 10.0 Å². The van der Waals surface area contributed by atoms with Crippen LogP contribution in [0.1, 0.15) is 24.5 Å². The van der Waals surface area contributed by atoms with Gasteiger partial charge in [0.2, 0.25) is 10.0 Å². The molecular formula is C12H16N2O2S. The summed E-state index contributed by atoms with van der Waals surface area (Å²) < 4.78 is 26.3. The molecule has 4 nitrogen and oxygen atoms in total. The average molecular weight is 252 g/mol. The molecule has 0 amide bonds. The first-order chi connectivity index (χ1) is 7.90. The van der Waals surface area contributed by atoms with Crippen molar-refractivity contribution in [3.8, 4) is 6.07 Å². The summed E-state index contributed by atoms with van der Waals surface area (Å²) in [5.41, 5.74) is 2.35. The molecule has 5 heteroatoms. The van der Waals surface area contributed by atoms with Crippen LogP contribution in [0.4, 0.5) is 5.69 Å². The Labute approximate surface area is 102 Å². The Kier molecular flexibility index (Phi) is 4.13. The molecule has 0 fully saturated rings. The van der Waals surface area contributed by atoms with E-state index in [4.69, 9.17) is 5.26 Å². The highest BCUT2D eigenvalue weighted by Crippen LogP contribution is 2.19. The van der Waals surface area contributed by atoms with E-state index in [0.717, 1.165) is 11.1 Å². The second kappa shape index (κ2) is 5.19. The summed E-state index contributed by atoms with van der Waals surface area (Å²) in [6.07, 6.45) is 0.275. The maximum atomic E-state index is 11.9. The van der Waals surface area contributed by atoms with E-state index in [0.29, 0.717) is 5.69 Å². The van der Waals surface area contributed by atoms with Gasteiger partial charge in [0.15, 0.2) is 5.25 Å². The minimum Gasteiger partial charge on any atom is -0.282 e. The van der Waals surface area contributed by atoms with Crippen LogP contribution in [0.5, 0.6) is 0 Å². The Hall–Kier alpha value is -1.54. The molecule has 1 aromatic rings. The third-order valence-corrected chi connectivity index (χ3v) is 4.23. The lowest BCUT2D eigenvalue weighted by Gasteiger charge is -2.13. The number of anilines is 1. The summed E-state index contributed by atoms with van der Waals surface area (Å²) in [4.78, 5) is 0. The highest BCUT2D eigenvalue weighted by Gasteiger charge is 2.23. The first-order valence-electron chi connectivity index (χ1n) is 5.39. The molecule has 0 aliphatic heterocycles. The van der Waals surface area contributed by atoms with Gasteiger partial charge in [0.25, 0.3) is 0 Å². The number of aryl methyl sites for hydroxylation is 2. The van der Waals surface area contributed by atoms with Crippen molar-refractivity contribution in [2.75, 3.05) is 4.72 Å². The first-order valence-corrected chi connectivity index (χ1v) is 6.94. The average Bonchev–Trinajstić information content (AvgIpc) is 2.24. The summed E-state index contributed by atoms with van der Waals surface area (Å²) in [6.45, 7) is 5.39. The maximum Gasteiger partial charge on any atom is 0.249 e. The van der Waals surface area contributed by atoms with Gasteiger partial charge < -0.3 is 0 Å². The maximum absolute atomic E-state index is 11.9. The first kappa shape index (κ1) is 13.5. The third-order valence-electron chi connectivity index (χ3n) is 2.53. The number of sulfonamides is 1. The number of nitriles is 1. The summed E-state index contributed by atoms with van der Waals surface area (Å²) in [5.74, 6) is 0. The van der Waals surface area contributed by atoms with Crippen LogP contribution in [-0.4, -0.2) is 13.7 Å². The van der Waals surface area contributed by atoms with Gasteiger partial charge in [0.05, 0.1) is 11.8 Å². The molecule has 0 aliphatic rings. The molecule has 0 aromatic heterocycles. The predicted molar refractivity (Wildman–Crippen MR) is 68.2 cm³/mol. The molecule has 1 rings (SSSR count).